The van der Waals surface area contributed by atoms with E-state index in [9.17, 15) is 4.79 Å². The number of ketones is 1. The zero-order chi connectivity index (χ0) is 17.9. The smallest absolute Gasteiger partial charge is 0.228 e. The van der Waals surface area contributed by atoms with Crippen LogP contribution in [0.2, 0.25) is 5.02 Å². The first kappa shape index (κ1) is 17.0. The molecule has 0 unspecified atom stereocenters. The average Bonchev–Trinajstić information content (AvgIpc) is 3.06. The summed E-state index contributed by atoms with van der Waals surface area (Å²) in [5, 5.41) is 1.67. The molecule has 0 N–H and O–H groups in total. The third-order valence-electron chi connectivity index (χ3n) is 4.15. The summed E-state index contributed by atoms with van der Waals surface area (Å²) in [6.45, 7) is 0. The van der Waals surface area contributed by atoms with Gasteiger partial charge in [-0.25, -0.2) is 0 Å². The maximum atomic E-state index is 13.0. The minimum absolute atomic E-state index is 0.100. The van der Waals surface area contributed by atoms with Crippen LogP contribution < -0.4 is 0 Å². The summed E-state index contributed by atoms with van der Waals surface area (Å²) >= 11 is 7.87. The fourth-order valence-electron chi connectivity index (χ4n) is 2.86. The molecule has 2 nitrogen and oxygen atoms in total. The summed E-state index contributed by atoms with van der Waals surface area (Å²) in [6.07, 6.45) is 0. The minimum Gasteiger partial charge on any atom is -0.452 e. The monoisotopic (exact) mass is 378 g/mol. The van der Waals surface area contributed by atoms with Gasteiger partial charge in [-0.15, -0.1) is 11.8 Å². The molecular formula is C22H15ClO2S. The molecule has 0 aliphatic rings. The standard InChI is InChI=1S/C22H15ClO2S/c23-18-11-5-7-13-20(18)26-14-17-16-10-4-6-12-19(16)25-22(17)21(24)15-8-2-1-3-9-15/h1-13H,14H2. The molecule has 128 valence electrons. The highest BCUT2D eigenvalue weighted by molar-refractivity contribution is 7.98. The molecular weight excluding hydrogens is 364 g/mol. The van der Waals surface area contributed by atoms with Gasteiger partial charge in [0.25, 0.3) is 0 Å². The minimum atomic E-state index is -0.100. The SMILES string of the molecule is O=C(c1ccccc1)c1oc2ccccc2c1CSc1ccccc1Cl. The second-order valence-electron chi connectivity index (χ2n) is 5.82. The molecule has 4 aromatic rings. The highest BCUT2D eigenvalue weighted by Crippen LogP contribution is 2.35. The summed E-state index contributed by atoms with van der Waals surface area (Å²) in [6, 6.07) is 24.7. The Morgan fingerprint density at radius 2 is 1.58 bits per heavy atom. The number of carbonyl (C=O) groups excluding carboxylic acids is 1. The lowest BCUT2D eigenvalue weighted by atomic mass is 10.0. The number of fused-ring (bicyclic) bond motifs is 1. The van der Waals surface area contributed by atoms with Crippen molar-refractivity contribution >= 4 is 40.1 Å². The Bertz CT molecular complexity index is 1070. The van der Waals surface area contributed by atoms with Crippen LogP contribution in [0.1, 0.15) is 21.7 Å². The maximum Gasteiger partial charge on any atom is 0.228 e. The van der Waals surface area contributed by atoms with Crippen LogP contribution in [0.4, 0.5) is 0 Å². The van der Waals surface area contributed by atoms with Crippen molar-refractivity contribution in [2.75, 3.05) is 0 Å². The van der Waals surface area contributed by atoms with Crippen LogP contribution in [0.3, 0.4) is 0 Å². The van der Waals surface area contributed by atoms with Gasteiger partial charge in [0.2, 0.25) is 5.78 Å². The van der Waals surface area contributed by atoms with E-state index in [0.29, 0.717) is 22.1 Å². The Balaban J connectivity index is 1.75. The van der Waals surface area contributed by atoms with Gasteiger partial charge < -0.3 is 4.42 Å². The number of halogens is 1. The number of thioether (sulfide) groups is 1. The predicted octanol–water partition coefficient (Wildman–Crippen LogP) is 6.61. The molecule has 0 radical (unpaired) electrons. The lowest BCUT2D eigenvalue weighted by Crippen LogP contribution is -2.02. The van der Waals surface area contributed by atoms with Crippen molar-refractivity contribution in [3.8, 4) is 0 Å². The Kier molecular flexibility index (Phi) is 4.83. The van der Waals surface area contributed by atoms with Crippen LogP contribution in [0.25, 0.3) is 11.0 Å². The van der Waals surface area contributed by atoms with E-state index in [-0.39, 0.29) is 5.78 Å². The zero-order valence-corrected chi connectivity index (χ0v) is 15.4. The van der Waals surface area contributed by atoms with Crippen molar-refractivity contribution in [1.82, 2.24) is 0 Å². The lowest BCUT2D eigenvalue weighted by molar-refractivity contribution is 0.101. The second-order valence-corrected chi connectivity index (χ2v) is 7.24. The Morgan fingerprint density at radius 3 is 2.38 bits per heavy atom. The predicted molar refractivity (Wildman–Crippen MR) is 107 cm³/mol. The van der Waals surface area contributed by atoms with Crippen LogP contribution in [0, 0.1) is 0 Å². The third-order valence-corrected chi connectivity index (χ3v) is 5.69. The highest BCUT2D eigenvalue weighted by atomic mass is 35.5. The summed E-state index contributed by atoms with van der Waals surface area (Å²) < 4.78 is 5.94. The molecule has 0 bridgehead atoms. The van der Waals surface area contributed by atoms with Crippen molar-refractivity contribution in [3.05, 3.63) is 101 Å². The van der Waals surface area contributed by atoms with E-state index in [0.717, 1.165) is 21.4 Å². The van der Waals surface area contributed by atoms with Crippen molar-refractivity contribution < 1.29 is 9.21 Å². The Labute approximate surface area is 160 Å². The van der Waals surface area contributed by atoms with E-state index in [1.165, 1.54) is 0 Å². The van der Waals surface area contributed by atoms with Gasteiger partial charge in [0.1, 0.15) is 5.58 Å². The lowest BCUT2D eigenvalue weighted by Gasteiger charge is -2.05. The van der Waals surface area contributed by atoms with E-state index in [1.54, 1.807) is 23.9 Å². The van der Waals surface area contributed by atoms with Crippen LogP contribution in [0.15, 0.2) is 88.2 Å². The first-order chi connectivity index (χ1) is 12.7. The molecule has 0 atom stereocenters. The number of hydrogen-bond donors (Lipinski definition) is 0. The fraction of sp³-hybridized carbons (Fsp3) is 0.0455. The molecule has 26 heavy (non-hydrogen) atoms. The average molecular weight is 379 g/mol. The van der Waals surface area contributed by atoms with Crippen LogP contribution in [-0.4, -0.2) is 5.78 Å². The molecule has 4 rings (SSSR count). The Morgan fingerprint density at radius 1 is 0.885 bits per heavy atom. The molecule has 0 aliphatic carbocycles. The topological polar surface area (TPSA) is 30.2 Å². The quantitative estimate of drug-likeness (QED) is 0.289. The van der Waals surface area contributed by atoms with E-state index in [1.807, 2.05) is 66.7 Å². The summed E-state index contributed by atoms with van der Waals surface area (Å²) in [5.41, 5.74) is 2.25. The summed E-state index contributed by atoms with van der Waals surface area (Å²) in [4.78, 5) is 14.0. The molecule has 1 aromatic heterocycles. The molecule has 1 heterocycles. The van der Waals surface area contributed by atoms with Crippen LogP contribution >= 0.6 is 23.4 Å². The van der Waals surface area contributed by atoms with Crippen molar-refractivity contribution in [2.24, 2.45) is 0 Å². The Hall–Kier alpha value is -2.49. The van der Waals surface area contributed by atoms with Gasteiger partial charge in [0.15, 0.2) is 5.76 Å². The number of carbonyl (C=O) groups is 1. The van der Waals surface area contributed by atoms with E-state index in [4.69, 9.17) is 16.0 Å². The molecule has 4 heteroatoms. The molecule has 0 spiro atoms. The van der Waals surface area contributed by atoms with Crippen LogP contribution in [-0.2, 0) is 5.75 Å². The molecule has 0 fully saturated rings. The van der Waals surface area contributed by atoms with Gasteiger partial charge in [0, 0.05) is 27.2 Å². The van der Waals surface area contributed by atoms with Gasteiger partial charge in [-0.1, -0.05) is 72.3 Å². The number of benzene rings is 3. The summed E-state index contributed by atoms with van der Waals surface area (Å²) in [5.74, 6) is 0.905. The highest BCUT2D eigenvalue weighted by Gasteiger charge is 2.21. The van der Waals surface area contributed by atoms with Gasteiger partial charge in [-0.3, -0.25) is 4.79 Å². The second kappa shape index (κ2) is 7.40. The summed E-state index contributed by atoms with van der Waals surface area (Å²) in [7, 11) is 0. The molecule has 0 saturated carbocycles. The van der Waals surface area contributed by atoms with Gasteiger partial charge in [-0.05, 0) is 18.2 Å². The molecule has 3 aromatic carbocycles. The normalized spacial score (nSPS) is 11.0. The molecule has 0 amide bonds. The number of para-hydroxylation sites is 1. The number of furan rings is 1. The molecule has 0 aliphatic heterocycles. The first-order valence-corrected chi connectivity index (χ1v) is 9.58. The van der Waals surface area contributed by atoms with E-state index in [2.05, 4.69) is 0 Å². The van der Waals surface area contributed by atoms with Crippen molar-refractivity contribution in [1.29, 1.82) is 0 Å². The van der Waals surface area contributed by atoms with Gasteiger partial charge >= 0.3 is 0 Å². The van der Waals surface area contributed by atoms with Crippen molar-refractivity contribution in [2.45, 2.75) is 10.6 Å². The fourth-order valence-corrected chi connectivity index (χ4v) is 4.12. The number of hydrogen-bond acceptors (Lipinski definition) is 3. The van der Waals surface area contributed by atoms with E-state index < -0.39 is 0 Å². The van der Waals surface area contributed by atoms with E-state index >= 15 is 0 Å². The van der Waals surface area contributed by atoms with Crippen molar-refractivity contribution in [3.63, 3.8) is 0 Å². The largest absolute Gasteiger partial charge is 0.452 e. The number of rotatable bonds is 5. The maximum absolute atomic E-state index is 13.0. The van der Waals surface area contributed by atoms with Gasteiger partial charge in [-0.2, -0.15) is 0 Å². The zero-order valence-electron chi connectivity index (χ0n) is 13.8. The molecule has 0 saturated heterocycles. The third kappa shape index (κ3) is 3.28. The van der Waals surface area contributed by atoms with Crippen LogP contribution in [0.5, 0.6) is 0 Å². The van der Waals surface area contributed by atoms with Gasteiger partial charge in [0.05, 0.1) is 5.02 Å². The first-order valence-electron chi connectivity index (χ1n) is 8.21.